The molecule has 2 rings (SSSR count). The van der Waals surface area contributed by atoms with Gasteiger partial charge in [-0.1, -0.05) is 11.3 Å². The summed E-state index contributed by atoms with van der Waals surface area (Å²) in [4.78, 5) is 29.5. The zero-order valence-electron chi connectivity index (χ0n) is 10.6. The highest BCUT2D eigenvalue weighted by Gasteiger charge is 2.20. The summed E-state index contributed by atoms with van der Waals surface area (Å²) < 4.78 is 6.53. The molecule has 98 valence electrons. The number of fused-ring (bicyclic) bond motifs is 1. The molecule has 7 heteroatoms. The van der Waals surface area contributed by atoms with E-state index in [-0.39, 0.29) is 5.56 Å². The van der Waals surface area contributed by atoms with Crippen molar-refractivity contribution in [3.05, 3.63) is 19.7 Å². The van der Waals surface area contributed by atoms with Crippen molar-refractivity contribution in [3.8, 4) is 0 Å². The molecule has 18 heavy (non-hydrogen) atoms. The number of nitrogens with zero attached hydrogens (tertiary/aromatic N) is 2. The van der Waals surface area contributed by atoms with Crippen molar-refractivity contribution >= 4 is 23.4 Å². The Morgan fingerprint density at radius 2 is 2.33 bits per heavy atom. The van der Waals surface area contributed by atoms with Crippen molar-refractivity contribution in [2.24, 2.45) is 4.99 Å². The Balaban J connectivity index is 2.47. The molecule has 0 aromatic carbocycles. The molecule has 1 aliphatic rings. The lowest BCUT2D eigenvalue weighted by Gasteiger charge is -2.23. The highest BCUT2D eigenvalue weighted by Crippen LogP contribution is 1.82. The molecule has 0 bridgehead atoms. The van der Waals surface area contributed by atoms with Gasteiger partial charge in [0.05, 0.1) is 13.2 Å². The number of hydrogen-bond donors (Lipinski definition) is 1. The van der Waals surface area contributed by atoms with Gasteiger partial charge in [-0.2, -0.15) is 0 Å². The van der Waals surface area contributed by atoms with Crippen LogP contribution in [0.4, 0.5) is 0 Å². The van der Waals surface area contributed by atoms with E-state index in [1.807, 2.05) is 0 Å². The van der Waals surface area contributed by atoms with E-state index < -0.39 is 5.97 Å². The Labute approximate surface area is 108 Å². The van der Waals surface area contributed by atoms with Gasteiger partial charge < -0.3 is 4.74 Å². The molecule has 1 aromatic heterocycles. The third-order valence-corrected chi connectivity index (χ3v) is 3.98. The first-order valence-corrected chi connectivity index (χ1v) is 6.53. The van der Waals surface area contributed by atoms with E-state index in [4.69, 9.17) is 0 Å². The van der Waals surface area contributed by atoms with Crippen LogP contribution in [0.5, 0.6) is 0 Å². The molecule has 1 atom stereocenters. The minimum absolute atomic E-state index is 0.165. The number of nitrogens with one attached hydrogen (secondary N) is 1. The third-order valence-electron chi connectivity index (χ3n) is 2.93. The summed E-state index contributed by atoms with van der Waals surface area (Å²) in [7, 11) is 1.29. The van der Waals surface area contributed by atoms with Gasteiger partial charge in [-0.15, -0.1) is 0 Å². The molecule has 0 saturated heterocycles. The number of ether oxygens (including phenoxy) is 1. The smallest absolute Gasteiger partial charge is 0.332 e. The van der Waals surface area contributed by atoms with Crippen LogP contribution in [-0.2, 0) is 16.2 Å². The van der Waals surface area contributed by atoms with Crippen LogP contribution < -0.4 is 19.8 Å². The van der Waals surface area contributed by atoms with Crippen LogP contribution in [0.25, 0.3) is 6.08 Å². The molecule has 0 fully saturated rings. The van der Waals surface area contributed by atoms with Gasteiger partial charge in [0, 0.05) is 6.08 Å². The molecule has 1 aromatic rings. The third kappa shape index (κ3) is 2.37. The maximum absolute atomic E-state index is 12.1. The summed E-state index contributed by atoms with van der Waals surface area (Å²) in [5, 5.41) is 0. The molecule has 0 saturated carbocycles. The van der Waals surface area contributed by atoms with Crippen molar-refractivity contribution < 1.29 is 14.4 Å². The Hall–Kier alpha value is -1.47. The quantitative estimate of drug-likeness (QED) is 0.615. The normalized spacial score (nSPS) is 19.6. The Morgan fingerprint density at radius 3 is 2.94 bits per heavy atom. The van der Waals surface area contributed by atoms with Crippen LogP contribution >= 0.6 is 11.3 Å². The van der Waals surface area contributed by atoms with Gasteiger partial charge in [0.25, 0.3) is 5.56 Å². The number of carbonyl (C=O) groups is 1. The second-order valence-corrected chi connectivity index (χ2v) is 5.45. The fourth-order valence-electron chi connectivity index (χ4n) is 1.72. The Kier molecular flexibility index (Phi) is 3.63. The molecule has 0 spiro atoms. The highest BCUT2D eigenvalue weighted by molar-refractivity contribution is 7.07. The molecule has 1 aliphatic heterocycles. The molecule has 0 radical (unpaired) electrons. The summed E-state index contributed by atoms with van der Waals surface area (Å²) in [6, 6.07) is 0.404. The van der Waals surface area contributed by atoms with Crippen molar-refractivity contribution in [2.75, 3.05) is 13.8 Å². The van der Waals surface area contributed by atoms with E-state index in [1.165, 1.54) is 29.4 Å². The van der Waals surface area contributed by atoms with Crippen LogP contribution in [0.15, 0.2) is 9.79 Å². The van der Waals surface area contributed by atoms with Crippen molar-refractivity contribution in [1.29, 1.82) is 0 Å². The number of quaternary nitrogens is 1. The van der Waals surface area contributed by atoms with Gasteiger partial charge >= 0.3 is 5.97 Å². The molecule has 1 unspecified atom stereocenters. The number of aromatic nitrogens is 1. The first-order chi connectivity index (χ1) is 8.52. The monoisotopic (exact) mass is 270 g/mol. The molecular weight excluding hydrogens is 254 g/mol. The van der Waals surface area contributed by atoms with Crippen molar-refractivity contribution in [1.82, 2.24) is 4.57 Å². The first-order valence-electron chi connectivity index (χ1n) is 5.71. The van der Waals surface area contributed by atoms with E-state index in [2.05, 4.69) is 23.6 Å². The number of methoxy groups -OCH3 is 1. The summed E-state index contributed by atoms with van der Waals surface area (Å²) in [6.07, 6.45) is 1.23. The zero-order chi connectivity index (χ0) is 13.3. The van der Waals surface area contributed by atoms with Crippen LogP contribution in [-0.4, -0.2) is 30.4 Å². The summed E-state index contributed by atoms with van der Waals surface area (Å²) in [6.45, 7) is 5.44. The van der Waals surface area contributed by atoms with E-state index in [9.17, 15) is 9.59 Å². The van der Waals surface area contributed by atoms with E-state index >= 15 is 0 Å². The van der Waals surface area contributed by atoms with Gasteiger partial charge in [0.2, 0.25) is 0 Å². The molecule has 0 amide bonds. The fraction of sp³-hybridized carbons (Fsp3) is 0.545. The fourth-order valence-corrected chi connectivity index (χ4v) is 2.65. The largest absolute Gasteiger partial charge is 0.466 e. The van der Waals surface area contributed by atoms with Crippen LogP contribution in [0.2, 0.25) is 0 Å². The van der Waals surface area contributed by atoms with Crippen LogP contribution in [0.1, 0.15) is 13.8 Å². The molecule has 6 nitrogen and oxygen atoms in total. The number of esters is 1. The van der Waals surface area contributed by atoms with E-state index in [1.54, 1.807) is 4.57 Å². The van der Waals surface area contributed by atoms with Gasteiger partial charge in [-0.05, 0) is 13.8 Å². The van der Waals surface area contributed by atoms with Crippen LogP contribution in [0.3, 0.4) is 0 Å². The number of carbonyl (C=O) groups excluding carboxylic acids is 1. The lowest BCUT2D eigenvalue weighted by molar-refractivity contribution is -0.945. The summed E-state index contributed by atoms with van der Waals surface area (Å²) in [5.41, 5.74) is -0.165. The molecule has 2 heterocycles. The standard InChI is InChI=1S/C11H15N3O3S/c1-7(2)13-5-12-11-14(6-13)10(16)8(18-11)4-9(15)17-3/h4,7H,5-6H2,1-3H3/p+1/b8-4-. The minimum Gasteiger partial charge on any atom is -0.466 e. The van der Waals surface area contributed by atoms with Crippen molar-refractivity contribution in [3.63, 3.8) is 0 Å². The van der Waals surface area contributed by atoms with Gasteiger partial charge in [-0.25, -0.2) is 14.4 Å². The summed E-state index contributed by atoms with van der Waals surface area (Å²) >= 11 is 1.23. The Morgan fingerprint density at radius 1 is 1.61 bits per heavy atom. The molecule has 0 aliphatic carbocycles. The SMILES string of the molecule is COC(=O)/C=c1\sc2n(c1=O)C[NH+](C(C)C)CN=2. The average molecular weight is 270 g/mol. The maximum Gasteiger partial charge on any atom is 0.332 e. The maximum atomic E-state index is 12.1. The highest BCUT2D eigenvalue weighted by atomic mass is 32.1. The second-order valence-electron chi connectivity index (χ2n) is 4.44. The molecular formula is C11H16N3O3S+. The predicted molar refractivity (Wildman–Crippen MR) is 66.8 cm³/mol. The van der Waals surface area contributed by atoms with Crippen LogP contribution in [0, 0.1) is 0 Å². The Bertz CT molecular complexity index is 629. The van der Waals surface area contributed by atoms with Gasteiger partial charge in [0.15, 0.2) is 18.1 Å². The van der Waals surface area contributed by atoms with Crippen molar-refractivity contribution in [2.45, 2.75) is 26.6 Å². The lowest BCUT2D eigenvalue weighted by atomic mass is 10.3. The number of hydrogen-bond acceptors (Lipinski definition) is 5. The van der Waals surface area contributed by atoms with Gasteiger partial charge in [0.1, 0.15) is 4.53 Å². The summed E-state index contributed by atoms with van der Waals surface area (Å²) in [5.74, 6) is -0.514. The minimum atomic E-state index is -0.514. The van der Waals surface area contributed by atoms with E-state index in [0.29, 0.717) is 28.7 Å². The second kappa shape index (κ2) is 5.03. The van der Waals surface area contributed by atoms with E-state index in [0.717, 1.165) is 0 Å². The lowest BCUT2D eigenvalue weighted by Crippen LogP contribution is -3.15. The first kappa shape index (κ1) is 13.0. The predicted octanol–water partition coefficient (Wildman–Crippen LogP) is -2.30. The number of thiazole rings is 1. The molecule has 1 N–H and O–H groups in total. The average Bonchev–Trinajstić information content (AvgIpc) is 2.66. The number of rotatable bonds is 2. The zero-order valence-corrected chi connectivity index (χ0v) is 11.4. The topological polar surface area (TPSA) is 65.1 Å². The van der Waals surface area contributed by atoms with Gasteiger partial charge in [-0.3, -0.25) is 9.69 Å².